The molecule has 1 amide bonds. The molecule has 0 N–H and O–H groups in total. The summed E-state index contributed by atoms with van der Waals surface area (Å²) in [7, 11) is 4.70. The number of piperazine rings is 1. The predicted molar refractivity (Wildman–Crippen MR) is 118 cm³/mol. The lowest BCUT2D eigenvalue weighted by Gasteiger charge is -2.35. The number of benzene rings is 2. The molecule has 0 aromatic heterocycles. The van der Waals surface area contributed by atoms with E-state index in [4.69, 9.17) is 25.8 Å². The van der Waals surface area contributed by atoms with Crippen LogP contribution in [0.5, 0.6) is 17.2 Å². The van der Waals surface area contributed by atoms with Crippen molar-refractivity contribution in [3.05, 3.63) is 52.3 Å². The highest BCUT2D eigenvalue weighted by Gasteiger charge is 2.23. The van der Waals surface area contributed by atoms with E-state index in [1.807, 2.05) is 17.0 Å². The lowest BCUT2D eigenvalue weighted by atomic mass is 10.1. The van der Waals surface area contributed by atoms with Gasteiger partial charge in [-0.3, -0.25) is 9.69 Å². The fourth-order valence-corrected chi connectivity index (χ4v) is 3.97. The molecule has 31 heavy (non-hydrogen) atoms. The van der Waals surface area contributed by atoms with E-state index < -0.39 is 0 Å². The second kappa shape index (κ2) is 10.7. The molecule has 1 fully saturated rings. The number of nitrogens with zero attached hydrogens (tertiary/aromatic N) is 2. The summed E-state index contributed by atoms with van der Waals surface area (Å²) >= 11 is 6.13. The van der Waals surface area contributed by atoms with E-state index in [-0.39, 0.29) is 11.7 Å². The van der Waals surface area contributed by atoms with E-state index in [1.165, 1.54) is 6.07 Å². The summed E-state index contributed by atoms with van der Waals surface area (Å²) in [5.74, 6) is 1.48. The number of carbonyl (C=O) groups excluding carboxylic acids is 1. The average molecular weight is 451 g/mol. The summed E-state index contributed by atoms with van der Waals surface area (Å²) in [4.78, 5) is 16.7. The van der Waals surface area contributed by atoms with Crippen molar-refractivity contribution in [3.63, 3.8) is 0 Å². The molecule has 0 bridgehead atoms. The lowest BCUT2D eigenvalue weighted by molar-refractivity contribution is -0.133. The maximum absolute atomic E-state index is 14.0. The van der Waals surface area contributed by atoms with Gasteiger partial charge in [0.1, 0.15) is 5.82 Å². The molecule has 1 heterocycles. The first kappa shape index (κ1) is 23.2. The number of hydrogen-bond donors (Lipinski definition) is 0. The second-order valence-electron chi connectivity index (χ2n) is 7.39. The zero-order valence-electron chi connectivity index (χ0n) is 18.1. The molecule has 0 saturated carbocycles. The fraction of sp³-hybridized carbons (Fsp3) is 0.435. The fourth-order valence-electron chi connectivity index (χ4n) is 3.75. The molecule has 2 aromatic carbocycles. The number of ether oxygens (including phenoxy) is 3. The van der Waals surface area contributed by atoms with Crippen LogP contribution in [0.3, 0.4) is 0 Å². The molecule has 168 valence electrons. The first-order valence-corrected chi connectivity index (χ1v) is 10.6. The number of aryl methyl sites for hydroxylation is 1. The Balaban J connectivity index is 1.54. The van der Waals surface area contributed by atoms with Crippen LogP contribution in [0.1, 0.15) is 17.5 Å². The van der Waals surface area contributed by atoms with Crippen LogP contribution >= 0.6 is 11.6 Å². The Morgan fingerprint density at radius 2 is 1.68 bits per heavy atom. The maximum Gasteiger partial charge on any atom is 0.222 e. The number of halogens is 2. The third-order valence-electron chi connectivity index (χ3n) is 5.52. The van der Waals surface area contributed by atoms with Gasteiger partial charge >= 0.3 is 0 Å². The van der Waals surface area contributed by atoms with E-state index in [2.05, 4.69) is 4.90 Å². The third-order valence-corrected chi connectivity index (χ3v) is 5.87. The molecule has 0 unspecified atom stereocenters. The van der Waals surface area contributed by atoms with E-state index in [1.54, 1.807) is 33.5 Å². The van der Waals surface area contributed by atoms with Gasteiger partial charge in [0.2, 0.25) is 11.7 Å². The van der Waals surface area contributed by atoms with Crippen molar-refractivity contribution in [2.75, 3.05) is 47.5 Å². The highest BCUT2D eigenvalue weighted by Crippen LogP contribution is 2.38. The van der Waals surface area contributed by atoms with E-state index >= 15 is 0 Å². The SMILES string of the molecule is COc1cc(CCC(=O)N2CCN(Cc3c(F)cccc3Cl)CC2)cc(OC)c1OC. The van der Waals surface area contributed by atoms with Crippen LogP contribution in [0.4, 0.5) is 4.39 Å². The summed E-state index contributed by atoms with van der Waals surface area (Å²) in [5, 5.41) is 0.434. The van der Waals surface area contributed by atoms with Crippen molar-refractivity contribution in [1.82, 2.24) is 9.80 Å². The topological polar surface area (TPSA) is 51.2 Å². The lowest BCUT2D eigenvalue weighted by Crippen LogP contribution is -2.48. The van der Waals surface area contributed by atoms with E-state index in [0.717, 1.165) is 5.56 Å². The molecular formula is C23H28ClFN2O4. The number of hydrogen-bond acceptors (Lipinski definition) is 5. The van der Waals surface area contributed by atoms with Crippen molar-refractivity contribution >= 4 is 17.5 Å². The Hall–Kier alpha value is -2.51. The zero-order valence-corrected chi connectivity index (χ0v) is 18.9. The number of methoxy groups -OCH3 is 3. The highest BCUT2D eigenvalue weighted by molar-refractivity contribution is 6.31. The monoisotopic (exact) mass is 450 g/mol. The van der Waals surface area contributed by atoms with Gasteiger partial charge < -0.3 is 19.1 Å². The van der Waals surface area contributed by atoms with Crippen LogP contribution in [0.15, 0.2) is 30.3 Å². The van der Waals surface area contributed by atoms with Gasteiger partial charge in [-0.2, -0.15) is 0 Å². The molecule has 0 aliphatic carbocycles. The van der Waals surface area contributed by atoms with Crippen molar-refractivity contribution < 1.29 is 23.4 Å². The molecule has 6 nitrogen and oxygen atoms in total. The number of rotatable bonds is 8. The van der Waals surface area contributed by atoms with E-state index in [0.29, 0.717) is 73.4 Å². The van der Waals surface area contributed by atoms with Crippen LogP contribution in [0.2, 0.25) is 5.02 Å². The first-order valence-electron chi connectivity index (χ1n) is 10.2. The van der Waals surface area contributed by atoms with Gasteiger partial charge in [-0.25, -0.2) is 4.39 Å². The highest BCUT2D eigenvalue weighted by atomic mass is 35.5. The molecule has 3 rings (SSSR count). The maximum atomic E-state index is 14.0. The molecule has 0 radical (unpaired) electrons. The van der Waals surface area contributed by atoms with Crippen LogP contribution in [-0.2, 0) is 17.8 Å². The quantitative estimate of drug-likeness (QED) is 0.612. The largest absolute Gasteiger partial charge is 0.493 e. The van der Waals surface area contributed by atoms with Crippen molar-refractivity contribution in [1.29, 1.82) is 0 Å². The van der Waals surface area contributed by atoms with Crippen molar-refractivity contribution in [2.45, 2.75) is 19.4 Å². The van der Waals surface area contributed by atoms with Gasteiger partial charge in [-0.05, 0) is 36.2 Å². The van der Waals surface area contributed by atoms with Crippen LogP contribution in [0, 0.1) is 5.82 Å². The summed E-state index contributed by atoms with van der Waals surface area (Å²) in [6.07, 6.45) is 0.957. The summed E-state index contributed by atoms with van der Waals surface area (Å²) in [6, 6.07) is 8.45. The minimum atomic E-state index is -0.295. The van der Waals surface area contributed by atoms with Gasteiger partial charge in [0, 0.05) is 49.7 Å². The molecule has 8 heteroatoms. The third kappa shape index (κ3) is 5.60. The molecule has 1 aliphatic heterocycles. The Labute approximate surface area is 187 Å². The van der Waals surface area contributed by atoms with Gasteiger partial charge in [0.15, 0.2) is 11.5 Å². The molecule has 1 aliphatic rings. The summed E-state index contributed by atoms with van der Waals surface area (Å²) in [5.41, 5.74) is 1.45. The predicted octanol–water partition coefficient (Wildman–Crippen LogP) is 3.78. The number of carbonyl (C=O) groups is 1. The zero-order chi connectivity index (χ0) is 22.4. The molecule has 1 saturated heterocycles. The van der Waals surface area contributed by atoms with Crippen LogP contribution < -0.4 is 14.2 Å². The van der Waals surface area contributed by atoms with E-state index in [9.17, 15) is 9.18 Å². The standard InChI is InChI=1S/C23H28ClFN2O4/c1-29-20-13-16(14-21(30-2)23(20)31-3)7-8-22(28)27-11-9-26(10-12-27)15-17-18(24)5-4-6-19(17)25/h4-6,13-14H,7-12,15H2,1-3H3. The summed E-state index contributed by atoms with van der Waals surface area (Å²) < 4.78 is 30.1. The minimum absolute atomic E-state index is 0.0947. The average Bonchev–Trinajstić information content (AvgIpc) is 2.79. The summed E-state index contributed by atoms with van der Waals surface area (Å²) in [6.45, 7) is 3.03. The van der Waals surface area contributed by atoms with Gasteiger partial charge in [0.05, 0.1) is 21.3 Å². The smallest absolute Gasteiger partial charge is 0.222 e. The van der Waals surface area contributed by atoms with Gasteiger partial charge in [0.25, 0.3) is 0 Å². The Morgan fingerprint density at radius 1 is 1.03 bits per heavy atom. The second-order valence-corrected chi connectivity index (χ2v) is 7.80. The molecule has 2 aromatic rings. The normalized spacial score (nSPS) is 14.4. The molecule has 0 atom stereocenters. The first-order chi connectivity index (χ1) is 15.0. The Morgan fingerprint density at radius 3 is 2.23 bits per heavy atom. The van der Waals surface area contributed by atoms with Crippen molar-refractivity contribution in [2.24, 2.45) is 0 Å². The van der Waals surface area contributed by atoms with Gasteiger partial charge in [-0.15, -0.1) is 0 Å². The molecular weight excluding hydrogens is 423 g/mol. The van der Waals surface area contributed by atoms with Crippen molar-refractivity contribution in [3.8, 4) is 17.2 Å². The van der Waals surface area contributed by atoms with Crippen LogP contribution in [-0.4, -0.2) is 63.2 Å². The minimum Gasteiger partial charge on any atom is -0.493 e. The molecule has 0 spiro atoms. The number of amides is 1. The Kier molecular flexibility index (Phi) is 7.98. The van der Waals surface area contributed by atoms with Crippen LogP contribution in [0.25, 0.3) is 0 Å². The van der Waals surface area contributed by atoms with Gasteiger partial charge in [-0.1, -0.05) is 17.7 Å². The Bertz CT molecular complexity index is 871.